The van der Waals surface area contributed by atoms with Gasteiger partial charge in [-0.1, -0.05) is 31.4 Å². The normalized spacial score (nSPS) is 26.4. The molecule has 1 aliphatic carbocycles. The van der Waals surface area contributed by atoms with Gasteiger partial charge in [0.1, 0.15) is 5.82 Å². The lowest BCUT2D eigenvalue weighted by Gasteiger charge is -2.16. The predicted molar refractivity (Wildman–Crippen MR) is 62.7 cm³/mol. The molecular formula is C14H19FO. The molecule has 1 nitrogen and oxygen atoms in total. The van der Waals surface area contributed by atoms with E-state index in [1.54, 1.807) is 12.1 Å². The molecule has 2 heteroatoms. The molecule has 2 atom stereocenters. The van der Waals surface area contributed by atoms with Crippen molar-refractivity contribution in [2.24, 2.45) is 5.92 Å². The molecule has 1 fully saturated rings. The van der Waals surface area contributed by atoms with Gasteiger partial charge in [0.15, 0.2) is 0 Å². The van der Waals surface area contributed by atoms with Gasteiger partial charge >= 0.3 is 0 Å². The second-order valence-corrected chi connectivity index (χ2v) is 4.87. The van der Waals surface area contributed by atoms with Crippen LogP contribution in [0.1, 0.15) is 37.7 Å². The van der Waals surface area contributed by atoms with Crippen LogP contribution in [0.25, 0.3) is 0 Å². The van der Waals surface area contributed by atoms with Gasteiger partial charge in [-0.05, 0) is 42.9 Å². The van der Waals surface area contributed by atoms with Crippen molar-refractivity contribution in [1.29, 1.82) is 0 Å². The molecule has 88 valence electrons. The molecule has 2 unspecified atom stereocenters. The molecule has 0 spiro atoms. The van der Waals surface area contributed by atoms with Gasteiger partial charge in [-0.2, -0.15) is 0 Å². The maximum absolute atomic E-state index is 13.0. The highest BCUT2D eigenvalue weighted by Crippen LogP contribution is 2.26. The zero-order valence-electron chi connectivity index (χ0n) is 9.53. The zero-order chi connectivity index (χ0) is 11.4. The minimum Gasteiger partial charge on any atom is -0.393 e. The van der Waals surface area contributed by atoms with Crippen LogP contribution in [0.2, 0.25) is 0 Å². The van der Waals surface area contributed by atoms with E-state index < -0.39 is 0 Å². The first-order valence-corrected chi connectivity index (χ1v) is 6.16. The molecule has 0 amide bonds. The molecule has 0 aliphatic heterocycles. The Bertz CT molecular complexity index is 337. The van der Waals surface area contributed by atoms with E-state index in [2.05, 4.69) is 0 Å². The Morgan fingerprint density at radius 3 is 2.88 bits per heavy atom. The van der Waals surface area contributed by atoms with Crippen LogP contribution < -0.4 is 0 Å². The van der Waals surface area contributed by atoms with Crippen LogP contribution in [0, 0.1) is 11.7 Å². The number of hydrogen-bond donors (Lipinski definition) is 1. The van der Waals surface area contributed by atoms with E-state index in [9.17, 15) is 9.50 Å². The van der Waals surface area contributed by atoms with Crippen LogP contribution in [0.15, 0.2) is 24.3 Å². The lowest BCUT2D eigenvalue weighted by molar-refractivity contribution is 0.141. The third kappa shape index (κ3) is 3.31. The van der Waals surface area contributed by atoms with Gasteiger partial charge in [-0.3, -0.25) is 0 Å². The van der Waals surface area contributed by atoms with Crippen molar-refractivity contribution in [2.45, 2.75) is 44.6 Å². The molecule has 0 bridgehead atoms. The Hall–Kier alpha value is -0.890. The fourth-order valence-electron chi connectivity index (χ4n) is 2.62. The van der Waals surface area contributed by atoms with Gasteiger partial charge in [0, 0.05) is 0 Å². The number of benzene rings is 1. The molecule has 1 aromatic rings. The van der Waals surface area contributed by atoms with Crippen molar-refractivity contribution in [1.82, 2.24) is 0 Å². The molecule has 0 aromatic heterocycles. The molecule has 1 N–H and O–H groups in total. The molecule has 0 heterocycles. The summed E-state index contributed by atoms with van der Waals surface area (Å²) in [6.45, 7) is 0. The number of aliphatic hydroxyl groups is 1. The molecule has 0 saturated heterocycles. The minimum atomic E-state index is -0.160. The average Bonchev–Trinajstić information content (AvgIpc) is 2.43. The summed E-state index contributed by atoms with van der Waals surface area (Å²) >= 11 is 0. The number of hydrogen-bond acceptors (Lipinski definition) is 1. The lowest BCUT2D eigenvalue weighted by Crippen LogP contribution is -2.12. The number of rotatable bonds is 2. The third-order valence-electron chi connectivity index (χ3n) is 3.42. The van der Waals surface area contributed by atoms with Crippen LogP contribution in [0.5, 0.6) is 0 Å². The highest BCUT2D eigenvalue weighted by Gasteiger charge is 2.18. The van der Waals surface area contributed by atoms with Gasteiger partial charge in [-0.15, -0.1) is 0 Å². The quantitative estimate of drug-likeness (QED) is 0.761. The minimum absolute atomic E-state index is 0.152. The highest BCUT2D eigenvalue weighted by atomic mass is 19.1. The Balaban J connectivity index is 1.97. The summed E-state index contributed by atoms with van der Waals surface area (Å²) in [4.78, 5) is 0. The smallest absolute Gasteiger partial charge is 0.123 e. The van der Waals surface area contributed by atoms with Crippen molar-refractivity contribution in [3.05, 3.63) is 35.6 Å². The maximum Gasteiger partial charge on any atom is 0.123 e. The first-order valence-electron chi connectivity index (χ1n) is 6.16. The summed E-state index contributed by atoms with van der Waals surface area (Å²) in [5.41, 5.74) is 1.05. The molecule has 16 heavy (non-hydrogen) atoms. The van der Waals surface area contributed by atoms with Crippen LogP contribution in [0.4, 0.5) is 4.39 Å². The largest absolute Gasteiger partial charge is 0.393 e. The molecule has 0 radical (unpaired) electrons. The van der Waals surface area contributed by atoms with E-state index in [1.807, 2.05) is 6.07 Å². The number of halogens is 1. The van der Waals surface area contributed by atoms with E-state index in [-0.39, 0.29) is 11.9 Å². The summed E-state index contributed by atoms with van der Waals surface area (Å²) in [6, 6.07) is 6.82. The van der Waals surface area contributed by atoms with Gasteiger partial charge in [-0.25, -0.2) is 4.39 Å². The topological polar surface area (TPSA) is 20.2 Å². The average molecular weight is 222 g/mol. The van der Waals surface area contributed by atoms with Crippen molar-refractivity contribution < 1.29 is 9.50 Å². The second-order valence-electron chi connectivity index (χ2n) is 4.87. The van der Waals surface area contributed by atoms with Crippen molar-refractivity contribution in [2.75, 3.05) is 0 Å². The molecule has 1 saturated carbocycles. The third-order valence-corrected chi connectivity index (χ3v) is 3.42. The highest BCUT2D eigenvalue weighted by molar-refractivity contribution is 5.16. The Labute approximate surface area is 96.3 Å². The summed E-state index contributed by atoms with van der Waals surface area (Å²) < 4.78 is 13.0. The molecule has 1 aromatic carbocycles. The van der Waals surface area contributed by atoms with E-state index in [1.165, 1.54) is 12.5 Å². The maximum atomic E-state index is 13.0. The van der Waals surface area contributed by atoms with Crippen molar-refractivity contribution >= 4 is 0 Å². The van der Waals surface area contributed by atoms with E-state index >= 15 is 0 Å². The Morgan fingerprint density at radius 1 is 1.25 bits per heavy atom. The lowest BCUT2D eigenvalue weighted by atomic mass is 9.92. The zero-order valence-corrected chi connectivity index (χ0v) is 9.53. The molecule has 1 aliphatic rings. The fourth-order valence-corrected chi connectivity index (χ4v) is 2.62. The van der Waals surface area contributed by atoms with Crippen LogP contribution in [0.3, 0.4) is 0 Å². The first-order chi connectivity index (χ1) is 7.74. The van der Waals surface area contributed by atoms with E-state index in [0.29, 0.717) is 5.92 Å². The van der Waals surface area contributed by atoms with Crippen LogP contribution >= 0.6 is 0 Å². The second kappa shape index (κ2) is 5.44. The van der Waals surface area contributed by atoms with Crippen molar-refractivity contribution in [3.8, 4) is 0 Å². The summed E-state index contributed by atoms with van der Waals surface area (Å²) in [5.74, 6) is 0.353. The van der Waals surface area contributed by atoms with Crippen molar-refractivity contribution in [3.63, 3.8) is 0 Å². The van der Waals surface area contributed by atoms with Crippen LogP contribution in [-0.4, -0.2) is 11.2 Å². The Morgan fingerprint density at radius 2 is 2.06 bits per heavy atom. The molecular weight excluding hydrogens is 203 g/mol. The summed E-state index contributed by atoms with van der Waals surface area (Å²) in [6.07, 6.45) is 6.03. The van der Waals surface area contributed by atoms with E-state index in [0.717, 1.165) is 37.7 Å². The fraction of sp³-hybridized carbons (Fsp3) is 0.571. The van der Waals surface area contributed by atoms with Gasteiger partial charge < -0.3 is 5.11 Å². The molecule has 2 rings (SSSR count). The number of aliphatic hydroxyl groups excluding tert-OH is 1. The van der Waals surface area contributed by atoms with E-state index in [4.69, 9.17) is 0 Å². The SMILES string of the molecule is OC1CCCCC(Cc2cccc(F)c2)C1. The first kappa shape index (κ1) is 11.6. The van der Waals surface area contributed by atoms with Crippen LogP contribution in [-0.2, 0) is 6.42 Å². The van der Waals surface area contributed by atoms with Gasteiger partial charge in [0.05, 0.1) is 6.10 Å². The van der Waals surface area contributed by atoms with Gasteiger partial charge in [0.2, 0.25) is 0 Å². The Kier molecular flexibility index (Phi) is 3.94. The predicted octanol–water partition coefficient (Wildman–Crippen LogP) is 3.31. The summed E-state index contributed by atoms with van der Waals surface area (Å²) in [5, 5.41) is 9.72. The summed E-state index contributed by atoms with van der Waals surface area (Å²) in [7, 11) is 0. The standard InChI is InChI=1S/C14H19FO/c15-13-6-3-5-11(9-13)8-12-4-1-2-7-14(16)10-12/h3,5-6,9,12,14,16H,1-2,4,7-8,10H2. The van der Waals surface area contributed by atoms with Gasteiger partial charge in [0.25, 0.3) is 0 Å². The monoisotopic (exact) mass is 222 g/mol.